The van der Waals surface area contributed by atoms with Crippen LogP contribution in [0.4, 0.5) is 0 Å². The van der Waals surface area contributed by atoms with Crippen LogP contribution in [0.25, 0.3) is 0 Å². The summed E-state index contributed by atoms with van der Waals surface area (Å²) >= 11 is 0. The fraction of sp³-hybridized carbons (Fsp3) is 0.333. The predicted octanol–water partition coefficient (Wildman–Crippen LogP) is 1.04. The molecule has 1 aromatic carbocycles. The molecule has 0 radical (unpaired) electrons. The molecule has 1 N–H and O–H groups in total. The van der Waals surface area contributed by atoms with Gasteiger partial charge in [0.1, 0.15) is 11.5 Å². The van der Waals surface area contributed by atoms with Crippen LogP contribution in [0, 0.1) is 0 Å². The van der Waals surface area contributed by atoms with Gasteiger partial charge in [0, 0.05) is 11.6 Å². The maximum atomic E-state index is 11.5. The molecule has 0 saturated heterocycles. The Kier molecular flexibility index (Phi) is 4.53. The van der Waals surface area contributed by atoms with Crippen LogP contribution in [-0.4, -0.2) is 38.4 Å². The van der Waals surface area contributed by atoms with E-state index in [4.69, 9.17) is 14.6 Å². The van der Waals surface area contributed by atoms with Crippen molar-refractivity contribution < 1.29 is 28.9 Å². The number of methoxy groups -OCH3 is 3. The van der Waals surface area contributed by atoms with E-state index in [1.807, 2.05) is 0 Å². The summed E-state index contributed by atoms with van der Waals surface area (Å²) in [5.74, 6) is -2.82. The Morgan fingerprint density at radius 2 is 1.83 bits per heavy atom. The average molecular weight is 254 g/mol. The number of aliphatic carboxylic acids is 1. The fourth-order valence-electron chi connectivity index (χ4n) is 1.54. The highest BCUT2D eigenvalue weighted by Crippen LogP contribution is 2.31. The van der Waals surface area contributed by atoms with Gasteiger partial charge in [-0.15, -0.1) is 0 Å². The molecule has 6 heteroatoms. The number of esters is 1. The van der Waals surface area contributed by atoms with Crippen molar-refractivity contribution >= 4 is 11.9 Å². The van der Waals surface area contributed by atoms with Crippen molar-refractivity contribution in [1.29, 1.82) is 0 Å². The van der Waals surface area contributed by atoms with E-state index in [1.54, 1.807) is 6.07 Å². The van der Waals surface area contributed by atoms with Gasteiger partial charge in [-0.3, -0.25) is 9.59 Å². The molecule has 0 fully saturated rings. The number of carboxylic acid groups (broad SMARTS) is 1. The molecule has 1 aromatic rings. The molecule has 0 heterocycles. The second kappa shape index (κ2) is 5.90. The van der Waals surface area contributed by atoms with Crippen molar-refractivity contribution in [1.82, 2.24) is 0 Å². The summed E-state index contributed by atoms with van der Waals surface area (Å²) in [6.45, 7) is 0. The first-order valence-electron chi connectivity index (χ1n) is 5.07. The van der Waals surface area contributed by atoms with Crippen LogP contribution in [0.5, 0.6) is 11.5 Å². The Morgan fingerprint density at radius 3 is 2.28 bits per heavy atom. The lowest BCUT2D eigenvalue weighted by Gasteiger charge is -2.15. The SMILES string of the molecule is COC(=O)C(C(=O)O)c1ccc(OC)cc1OC. The summed E-state index contributed by atoms with van der Waals surface area (Å²) in [6.07, 6.45) is 0. The van der Waals surface area contributed by atoms with E-state index in [0.29, 0.717) is 5.75 Å². The number of carbonyl (C=O) groups is 2. The van der Waals surface area contributed by atoms with Crippen molar-refractivity contribution in [3.05, 3.63) is 23.8 Å². The van der Waals surface area contributed by atoms with E-state index in [-0.39, 0.29) is 11.3 Å². The Balaban J connectivity index is 3.27. The van der Waals surface area contributed by atoms with E-state index in [9.17, 15) is 9.59 Å². The standard InChI is InChI=1S/C12H14O6/c1-16-7-4-5-8(9(6-7)17-2)10(11(13)14)12(15)18-3/h4-6,10H,1-3H3,(H,13,14). The van der Waals surface area contributed by atoms with Gasteiger partial charge in [-0.1, -0.05) is 6.07 Å². The third-order valence-corrected chi connectivity index (χ3v) is 2.44. The van der Waals surface area contributed by atoms with Crippen LogP contribution < -0.4 is 9.47 Å². The lowest BCUT2D eigenvalue weighted by atomic mass is 9.98. The summed E-state index contributed by atoms with van der Waals surface area (Å²) in [7, 11) is 3.99. The van der Waals surface area contributed by atoms with E-state index >= 15 is 0 Å². The van der Waals surface area contributed by atoms with Gasteiger partial charge >= 0.3 is 11.9 Å². The lowest BCUT2D eigenvalue weighted by Crippen LogP contribution is -2.23. The van der Waals surface area contributed by atoms with E-state index in [2.05, 4.69) is 4.74 Å². The van der Waals surface area contributed by atoms with Crippen LogP contribution in [-0.2, 0) is 14.3 Å². The molecule has 0 aliphatic carbocycles. The minimum absolute atomic E-state index is 0.220. The van der Waals surface area contributed by atoms with Crippen LogP contribution in [0.2, 0.25) is 0 Å². The molecule has 0 saturated carbocycles. The molecule has 1 atom stereocenters. The largest absolute Gasteiger partial charge is 0.497 e. The Labute approximate surface area is 104 Å². The summed E-state index contributed by atoms with van der Waals surface area (Å²) in [5.41, 5.74) is 0.220. The normalized spacial score (nSPS) is 11.5. The van der Waals surface area contributed by atoms with Gasteiger partial charge in [-0.05, 0) is 6.07 Å². The van der Waals surface area contributed by atoms with E-state index in [0.717, 1.165) is 7.11 Å². The molecule has 0 aliphatic heterocycles. The van der Waals surface area contributed by atoms with E-state index < -0.39 is 17.9 Å². The molecule has 6 nitrogen and oxygen atoms in total. The lowest BCUT2D eigenvalue weighted by molar-refractivity contribution is -0.152. The second-order valence-electron chi connectivity index (χ2n) is 3.40. The van der Waals surface area contributed by atoms with Crippen LogP contribution in [0.1, 0.15) is 11.5 Å². The Bertz CT molecular complexity index is 454. The zero-order chi connectivity index (χ0) is 13.7. The zero-order valence-corrected chi connectivity index (χ0v) is 10.3. The van der Waals surface area contributed by atoms with Crippen LogP contribution >= 0.6 is 0 Å². The molecule has 0 spiro atoms. The number of rotatable bonds is 5. The number of ether oxygens (including phenoxy) is 3. The first kappa shape index (κ1) is 13.8. The molecule has 0 aliphatic rings. The zero-order valence-electron chi connectivity index (χ0n) is 10.3. The van der Waals surface area contributed by atoms with Crippen molar-refractivity contribution in [2.45, 2.75) is 5.92 Å². The van der Waals surface area contributed by atoms with Crippen LogP contribution in [0.15, 0.2) is 18.2 Å². The van der Waals surface area contributed by atoms with Crippen molar-refractivity contribution in [3.63, 3.8) is 0 Å². The minimum Gasteiger partial charge on any atom is -0.497 e. The smallest absolute Gasteiger partial charge is 0.324 e. The summed E-state index contributed by atoms with van der Waals surface area (Å²) in [4.78, 5) is 22.6. The highest BCUT2D eigenvalue weighted by molar-refractivity contribution is 6.00. The number of benzene rings is 1. The van der Waals surface area contributed by atoms with Gasteiger partial charge in [0.2, 0.25) is 0 Å². The molecule has 18 heavy (non-hydrogen) atoms. The summed E-state index contributed by atoms with van der Waals surface area (Å²) in [6, 6.07) is 4.53. The average Bonchev–Trinajstić information content (AvgIpc) is 2.38. The minimum atomic E-state index is -1.42. The molecule has 1 rings (SSSR count). The molecule has 98 valence electrons. The topological polar surface area (TPSA) is 82.1 Å². The van der Waals surface area contributed by atoms with Crippen molar-refractivity contribution in [3.8, 4) is 11.5 Å². The van der Waals surface area contributed by atoms with Crippen molar-refractivity contribution in [2.24, 2.45) is 0 Å². The Morgan fingerprint density at radius 1 is 1.17 bits per heavy atom. The fourth-order valence-corrected chi connectivity index (χ4v) is 1.54. The predicted molar refractivity (Wildman–Crippen MR) is 61.9 cm³/mol. The van der Waals surface area contributed by atoms with Gasteiger partial charge < -0.3 is 19.3 Å². The van der Waals surface area contributed by atoms with Crippen molar-refractivity contribution in [2.75, 3.05) is 21.3 Å². The number of carboxylic acids is 1. The van der Waals surface area contributed by atoms with E-state index in [1.165, 1.54) is 26.4 Å². The van der Waals surface area contributed by atoms with Gasteiger partial charge in [0.15, 0.2) is 5.92 Å². The van der Waals surface area contributed by atoms with Gasteiger partial charge in [-0.2, -0.15) is 0 Å². The third-order valence-electron chi connectivity index (χ3n) is 2.44. The number of carbonyl (C=O) groups excluding carboxylic acids is 1. The summed E-state index contributed by atoms with van der Waals surface area (Å²) in [5, 5.41) is 9.09. The maximum absolute atomic E-state index is 11.5. The molecular formula is C12H14O6. The van der Waals surface area contributed by atoms with Gasteiger partial charge in [-0.25, -0.2) is 0 Å². The number of hydrogen-bond donors (Lipinski definition) is 1. The highest BCUT2D eigenvalue weighted by atomic mass is 16.5. The molecule has 1 unspecified atom stereocenters. The third kappa shape index (κ3) is 2.71. The second-order valence-corrected chi connectivity index (χ2v) is 3.40. The highest BCUT2D eigenvalue weighted by Gasteiger charge is 2.32. The molecule has 0 aromatic heterocycles. The van der Waals surface area contributed by atoms with Gasteiger partial charge in [0.05, 0.1) is 21.3 Å². The first-order valence-corrected chi connectivity index (χ1v) is 5.07. The molecule has 0 amide bonds. The quantitative estimate of drug-likeness (QED) is 0.624. The van der Waals surface area contributed by atoms with Gasteiger partial charge in [0.25, 0.3) is 0 Å². The maximum Gasteiger partial charge on any atom is 0.324 e. The molecular weight excluding hydrogens is 240 g/mol. The molecule has 0 bridgehead atoms. The number of hydrogen-bond acceptors (Lipinski definition) is 5. The Hall–Kier alpha value is -2.24. The van der Waals surface area contributed by atoms with Crippen LogP contribution in [0.3, 0.4) is 0 Å². The summed E-state index contributed by atoms with van der Waals surface area (Å²) < 4.78 is 14.5. The monoisotopic (exact) mass is 254 g/mol. The first-order chi connectivity index (χ1) is 8.54.